The van der Waals surface area contributed by atoms with E-state index in [1.54, 1.807) is 53.5 Å². The van der Waals surface area contributed by atoms with Gasteiger partial charge in [-0.3, -0.25) is 25.0 Å². The zero-order valence-electron chi connectivity index (χ0n) is 38.7. The van der Waals surface area contributed by atoms with Gasteiger partial charge in [0.1, 0.15) is 23.3 Å². The normalized spacial score (nSPS) is 24.4. The maximum Gasteiger partial charge on any atom is 0.273 e. The van der Waals surface area contributed by atoms with Gasteiger partial charge in [-0.1, -0.05) is 36.2 Å². The predicted octanol–water partition coefficient (Wildman–Crippen LogP) is 8.01. The van der Waals surface area contributed by atoms with E-state index < -0.39 is 45.7 Å². The van der Waals surface area contributed by atoms with Crippen molar-refractivity contribution >= 4 is 29.1 Å². The number of rotatable bonds is 25. The van der Waals surface area contributed by atoms with Crippen LogP contribution in [0.1, 0.15) is 81.3 Å². The molecule has 7 rings (SSSR count). The molecule has 18 nitrogen and oxygen atoms in total. The van der Waals surface area contributed by atoms with Crippen LogP contribution < -0.4 is 9.47 Å². The number of nitro benzene ring substituents is 2. The molecular formula is C51H62N4O14. The number of hydrogen-bond donors (Lipinski definition) is 3. The van der Waals surface area contributed by atoms with Crippen LogP contribution in [0.2, 0.25) is 0 Å². The largest absolute Gasteiger partial charge is 0.459 e. The van der Waals surface area contributed by atoms with Crippen LogP contribution in [0.25, 0.3) is 6.08 Å². The van der Waals surface area contributed by atoms with Crippen molar-refractivity contribution in [2.45, 2.75) is 88.2 Å². The topological polar surface area (TPSA) is 235 Å². The third kappa shape index (κ3) is 12.2. The number of aliphatic hydroxyl groups is 3. The number of carbonyl (C=O) groups excluding carboxylic acids is 1. The van der Waals surface area contributed by atoms with E-state index in [-0.39, 0.29) is 81.6 Å². The lowest BCUT2D eigenvalue weighted by molar-refractivity contribution is -0.385. The van der Waals surface area contributed by atoms with Crippen molar-refractivity contribution in [3.05, 3.63) is 128 Å². The molecule has 1 saturated heterocycles. The molecule has 1 unspecified atom stereocenters. The van der Waals surface area contributed by atoms with Crippen LogP contribution in [0.4, 0.5) is 11.4 Å². The number of fused-ring (bicyclic) bond motifs is 2. The zero-order chi connectivity index (χ0) is 48.8. The highest BCUT2D eigenvalue weighted by Gasteiger charge is 2.65. The second kappa shape index (κ2) is 24.5. The molecule has 2 heterocycles. The minimum absolute atomic E-state index is 0.00658. The molecule has 2 aliphatic heterocycles. The Morgan fingerprint density at radius 3 is 2.39 bits per heavy atom. The maximum atomic E-state index is 15.0. The van der Waals surface area contributed by atoms with Gasteiger partial charge in [-0.25, -0.2) is 0 Å². The van der Waals surface area contributed by atoms with Crippen molar-refractivity contribution in [2.24, 2.45) is 22.9 Å². The van der Waals surface area contributed by atoms with Crippen molar-refractivity contribution in [1.82, 2.24) is 4.90 Å². The molecular weight excluding hydrogens is 893 g/mol. The highest BCUT2D eigenvalue weighted by atomic mass is 16.8. The number of allylic oxidation sites excluding steroid dienone is 1. The van der Waals surface area contributed by atoms with Crippen LogP contribution in [0, 0.1) is 38.0 Å². The van der Waals surface area contributed by atoms with Crippen molar-refractivity contribution in [3.63, 3.8) is 0 Å². The molecule has 1 saturated carbocycles. The Bertz CT molecular complexity index is 2330. The summed E-state index contributed by atoms with van der Waals surface area (Å²) < 4.78 is 32.5. The third-order valence-electron chi connectivity index (χ3n) is 13.2. The summed E-state index contributed by atoms with van der Waals surface area (Å²) in [7, 11) is 0. The molecule has 3 aromatic rings. The van der Waals surface area contributed by atoms with Gasteiger partial charge in [-0.15, -0.1) is 6.58 Å². The summed E-state index contributed by atoms with van der Waals surface area (Å²) in [6, 6.07) is 16.3. The predicted molar refractivity (Wildman–Crippen MR) is 255 cm³/mol. The average Bonchev–Trinajstić information content (AvgIpc) is 3.36. The van der Waals surface area contributed by atoms with Crippen molar-refractivity contribution in [1.29, 1.82) is 0 Å². The van der Waals surface area contributed by atoms with E-state index >= 15 is 0 Å². The van der Waals surface area contributed by atoms with Gasteiger partial charge in [0.25, 0.3) is 11.4 Å². The SMILES string of the molecule is C=CCO[C@@]12Oc3ccc(Oc4cccc([N+](=O)[O-])c4)cc3[C@H]3[C@H](CCCCO)[C@@H](CCCCO)C=C(C(=NOC4CCCCO4)C[C@@H]1N(CCOCCO)C(=O)C=Cc1ccc([N+](=O)[O-])cc1)[C@H]32. The number of carbonyl (C=O) groups is 1. The molecule has 18 heteroatoms. The first-order chi connectivity index (χ1) is 33.6. The summed E-state index contributed by atoms with van der Waals surface area (Å²) in [5, 5.41) is 57.6. The van der Waals surface area contributed by atoms with Crippen LogP contribution in [0.15, 0.2) is 102 Å². The summed E-state index contributed by atoms with van der Waals surface area (Å²) in [6.45, 7) is 4.44. The molecule has 7 atom stereocenters. The van der Waals surface area contributed by atoms with Gasteiger partial charge in [-0.05, 0) is 104 Å². The third-order valence-corrected chi connectivity index (χ3v) is 13.2. The molecule has 69 heavy (non-hydrogen) atoms. The fraction of sp³-hybridized carbons (Fsp3) is 0.490. The number of aliphatic hydroxyl groups excluding tert-OH is 3. The standard InChI is InChI=1S/C51H62N4O14/c1-2-27-66-51-46(53(23-29-64-30-26-58)47(59)22-17-35-15-18-37(19-16-35)54(60)61)34-44(52-69-48-14-5-8-28-65-48)42-31-36(10-3-6-24-56)41(13-4-7-25-57)49(50(42)51)43-33-40(20-21-45(43)68-51)67-39-12-9-11-38(32-39)55(62)63/h2,9,11-12,15-22,31-33,36,41,46,48-50,56-58H,1,3-8,10,13-14,23-30,34H2/t36-,41+,46-,48?,49+,50+,51+/m0/s1. The molecule has 4 aliphatic rings. The fourth-order valence-electron chi connectivity index (χ4n) is 10.1. The quantitative estimate of drug-likeness (QED) is 0.0240. The Balaban J connectivity index is 1.43. The van der Waals surface area contributed by atoms with Crippen molar-refractivity contribution in [3.8, 4) is 17.2 Å². The van der Waals surface area contributed by atoms with Crippen LogP contribution in [-0.2, 0) is 23.8 Å². The second-order valence-corrected chi connectivity index (χ2v) is 17.6. The zero-order valence-corrected chi connectivity index (χ0v) is 38.7. The number of non-ortho nitro benzene ring substituents is 2. The van der Waals surface area contributed by atoms with Gasteiger partial charge in [0.05, 0.1) is 60.6 Å². The molecule has 3 aromatic carbocycles. The van der Waals surface area contributed by atoms with Gasteiger partial charge in [-0.2, -0.15) is 0 Å². The number of ether oxygens (including phenoxy) is 5. The van der Waals surface area contributed by atoms with E-state index in [0.29, 0.717) is 61.5 Å². The Labute approximate surface area is 401 Å². The number of benzene rings is 3. The molecule has 0 bridgehead atoms. The Hall–Kier alpha value is -6.02. The summed E-state index contributed by atoms with van der Waals surface area (Å²) >= 11 is 0. The van der Waals surface area contributed by atoms with Crippen LogP contribution >= 0.6 is 0 Å². The van der Waals surface area contributed by atoms with E-state index in [1.807, 2.05) is 6.07 Å². The molecule has 0 radical (unpaired) electrons. The minimum atomic E-state index is -1.61. The number of amides is 1. The number of unbranched alkanes of at least 4 members (excludes halogenated alkanes) is 2. The van der Waals surface area contributed by atoms with E-state index in [2.05, 4.69) is 12.7 Å². The number of oxime groups is 1. The molecule has 2 aliphatic carbocycles. The number of nitrogens with zero attached hydrogens (tertiary/aromatic N) is 4. The second-order valence-electron chi connectivity index (χ2n) is 17.6. The lowest BCUT2D eigenvalue weighted by atomic mass is 9.55. The summed E-state index contributed by atoms with van der Waals surface area (Å²) in [4.78, 5) is 45.0. The fourth-order valence-corrected chi connectivity index (χ4v) is 10.1. The van der Waals surface area contributed by atoms with Gasteiger partial charge in [0.15, 0.2) is 0 Å². The Morgan fingerprint density at radius 2 is 1.68 bits per heavy atom. The van der Waals surface area contributed by atoms with E-state index in [0.717, 1.165) is 36.8 Å². The van der Waals surface area contributed by atoms with Crippen molar-refractivity contribution in [2.75, 3.05) is 52.8 Å². The van der Waals surface area contributed by atoms with E-state index in [1.165, 1.54) is 30.3 Å². The first-order valence-electron chi connectivity index (χ1n) is 23.8. The number of nitro groups is 2. The average molecular weight is 955 g/mol. The highest BCUT2D eigenvalue weighted by molar-refractivity contribution is 6.03. The minimum Gasteiger partial charge on any atom is -0.459 e. The number of hydrogen-bond acceptors (Lipinski definition) is 15. The maximum absolute atomic E-state index is 15.0. The Kier molecular flexibility index (Phi) is 18.1. The molecule has 0 aromatic heterocycles. The lowest BCUT2D eigenvalue weighted by Crippen LogP contribution is -2.70. The molecule has 3 N–H and O–H groups in total. The van der Waals surface area contributed by atoms with Gasteiger partial charge in [0, 0.05) is 68.4 Å². The van der Waals surface area contributed by atoms with Crippen LogP contribution in [0.3, 0.4) is 0 Å². The molecule has 1 amide bonds. The van der Waals surface area contributed by atoms with Gasteiger partial charge in [0.2, 0.25) is 18.0 Å². The molecule has 370 valence electrons. The van der Waals surface area contributed by atoms with Gasteiger partial charge < -0.3 is 48.7 Å². The van der Waals surface area contributed by atoms with Gasteiger partial charge >= 0.3 is 0 Å². The highest BCUT2D eigenvalue weighted by Crippen LogP contribution is 2.62. The first kappa shape index (κ1) is 50.8. The molecule has 0 spiro atoms. The lowest BCUT2D eigenvalue weighted by Gasteiger charge is -2.60. The van der Waals surface area contributed by atoms with E-state index in [4.69, 9.17) is 33.7 Å². The Morgan fingerprint density at radius 1 is 0.913 bits per heavy atom. The first-order valence-corrected chi connectivity index (χ1v) is 23.8. The van der Waals surface area contributed by atoms with E-state index in [9.17, 15) is 40.3 Å². The summed E-state index contributed by atoms with van der Waals surface area (Å²) in [5.74, 6) is -2.13. The van der Waals surface area contributed by atoms with Crippen LogP contribution in [0.5, 0.6) is 17.2 Å². The van der Waals surface area contributed by atoms with Crippen molar-refractivity contribution < 1.29 is 58.5 Å². The smallest absolute Gasteiger partial charge is 0.273 e. The summed E-state index contributed by atoms with van der Waals surface area (Å²) in [6.07, 6.45) is 12.8. The molecule has 2 fully saturated rings. The monoisotopic (exact) mass is 954 g/mol. The van der Waals surface area contributed by atoms with Crippen LogP contribution in [-0.4, -0.2) is 113 Å². The summed E-state index contributed by atoms with van der Waals surface area (Å²) in [5.41, 5.74) is 2.49.